The van der Waals surface area contributed by atoms with Crippen molar-refractivity contribution >= 4 is 34.2 Å². The Bertz CT molecular complexity index is 2220. The molecule has 0 bridgehead atoms. The normalized spacial score (nSPS) is 23.3. The number of nitrogens with zero attached hydrogens (tertiary/aromatic N) is 2. The first-order chi connectivity index (χ1) is 29.8. The standard InChI is InChI=1S/C50H59ClN2O8/c1-5-26-59-50-46(53(49(56)58-27-23-51)32-37-16-12-15-35-13-6-7-17-40(35)37)31-44(52-57-4)42-29-36(14-8-10-24-54)41(18-9-11-25-55)47(48(42)50)43-30-39(21-22-45(43)61-50)60-38-20-19-33(2)34(3)28-38/h5-7,12-13,15-17,19-22,28-30,36,41,46-48,54-55H,1,8-11,14,18,23-27,31-32H2,2-4H3. The zero-order valence-electron chi connectivity index (χ0n) is 35.6. The number of fused-ring (bicyclic) bond motifs is 3. The molecule has 0 saturated heterocycles. The molecule has 3 aliphatic rings. The van der Waals surface area contributed by atoms with Crippen molar-refractivity contribution < 1.29 is 38.8 Å². The molecule has 2 N–H and O–H groups in total. The van der Waals surface area contributed by atoms with Crippen molar-refractivity contribution in [1.82, 2.24) is 4.90 Å². The maximum Gasteiger partial charge on any atom is 0.410 e. The minimum Gasteiger partial charge on any atom is -0.459 e. The lowest BCUT2D eigenvalue weighted by molar-refractivity contribution is -0.256. The zero-order valence-corrected chi connectivity index (χ0v) is 36.3. The van der Waals surface area contributed by atoms with Crippen LogP contribution in [-0.4, -0.2) is 78.2 Å². The van der Waals surface area contributed by atoms with E-state index in [-0.39, 0.29) is 63.0 Å². The number of amides is 1. The minimum atomic E-state index is -1.45. The highest BCUT2D eigenvalue weighted by Crippen LogP contribution is 2.62. The van der Waals surface area contributed by atoms with Crippen LogP contribution in [-0.2, 0) is 20.9 Å². The number of carbonyl (C=O) groups excluding carboxylic acids is 1. The van der Waals surface area contributed by atoms with Crippen molar-refractivity contribution in [2.45, 2.75) is 83.1 Å². The molecule has 1 amide bonds. The largest absolute Gasteiger partial charge is 0.459 e. The van der Waals surface area contributed by atoms with Gasteiger partial charge in [0, 0.05) is 31.1 Å². The highest BCUT2D eigenvalue weighted by molar-refractivity contribution is 6.18. The van der Waals surface area contributed by atoms with Gasteiger partial charge in [-0.3, -0.25) is 4.90 Å². The van der Waals surface area contributed by atoms with E-state index in [1.54, 1.807) is 18.1 Å². The quantitative estimate of drug-likeness (QED) is 0.0414. The highest BCUT2D eigenvalue weighted by atomic mass is 35.5. The van der Waals surface area contributed by atoms with Crippen molar-refractivity contribution in [2.24, 2.45) is 22.9 Å². The number of aliphatic hydroxyl groups is 2. The molecule has 61 heavy (non-hydrogen) atoms. The van der Waals surface area contributed by atoms with Gasteiger partial charge in [0.05, 0.1) is 30.7 Å². The molecule has 1 heterocycles. The SMILES string of the molecule is C=CCOC12Oc3ccc(Oc4ccc(C)c(C)c4)cc3C3C(CCCCO)C(CCCCO)C=C(C(=NOC)CC1N(Cc1cccc4ccccc14)C(=O)OCCCl)C32. The fourth-order valence-electron chi connectivity index (χ4n) is 9.86. The number of aryl methyl sites for hydroxylation is 2. The van der Waals surface area contributed by atoms with Crippen LogP contribution >= 0.6 is 11.6 Å². The van der Waals surface area contributed by atoms with Gasteiger partial charge in [0.15, 0.2) is 0 Å². The van der Waals surface area contributed by atoms with E-state index in [0.717, 1.165) is 64.5 Å². The summed E-state index contributed by atoms with van der Waals surface area (Å²) in [6, 6.07) is 25.5. The summed E-state index contributed by atoms with van der Waals surface area (Å²) in [5, 5.41) is 26.6. The summed E-state index contributed by atoms with van der Waals surface area (Å²) in [5.41, 5.74) is 5.87. The molecule has 0 radical (unpaired) electrons. The van der Waals surface area contributed by atoms with Crippen molar-refractivity contribution in [3.05, 3.63) is 125 Å². The molecule has 6 atom stereocenters. The Labute approximate surface area is 364 Å². The van der Waals surface area contributed by atoms with E-state index in [2.05, 4.69) is 56.8 Å². The van der Waals surface area contributed by atoms with E-state index in [1.807, 2.05) is 48.5 Å². The van der Waals surface area contributed by atoms with Crippen LogP contribution in [0, 0.1) is 31.6 Å². The monoisotopic (exact) mass is 850 g/mol. The lowest BCUT2D eigenvalue weighted by Crippen LogP contribution is -2.70. The maximum absolute atomic E-state index is 14.7. The van der Waals surface area contributed by atoms with Gasteiger partial charge in [0.1, 0.15) is 37.0 Å². The van der Waals surface area contributed by atoms with Crippen LogP contribution in [0.3, 0.4) is 0 Å². The van der Waals surface area contributed by atoms with Crippen molar-refractivity contribution in [3.8, 4) is 17.2 Å². The van der Waals surface area contributed by atoms with Gasteiger partial charge in [-0.25, -0.2) is 4.79 Å². The first kappa shape index (κ1) is 44.2. The van der Waals surface area contributed by atoms with Gasteiger partial charge >= 0.3 is 6.09 Å². The van der Waals surface area contributed by atoms with E-state index >= 15 is 0 Å². The third kappa shape index (κ3) is 9.33. The van der Waals surface area contributed by atoms with Crippen molar-refractivity contribution in [1.29, 1.82) is 0 Å². The molecule has 1 fully saturated rings. The van der Waals surface area contributed by atoms with E-state index < -0.39 is 23.8 Å². The number of carbonyl (C=O) groups is 1. The third-order valence-corrected chi connectivity index (χ3v) is 12.8. The molecule has 10 nitrogen and oxygen atoms in total. The second-order valence-corrected chi connectivity index (χ2v) is 16.8. The average Bonchev–Trinajstić information content (AvgIpc) is 3.27. The predicted molar refractivity (Wildman–Crippen MR) is 240 cm³/mol. The number of ether oxygens (including phenoxy) is 4. The molecular formula is C50H59ClN2O8. The van der Waals surface area contributed by atoms with Gasteiger partial charge in [-0.05, 0) is 115 Å². The fourth-order valence-corrected chi connectivity index (χ4v) is 9.94. The zero-order chi connectivity index (χ0) is 42.9. The second-order valence-electron chi connectivity index (χ2n) is 16.4. The summed E-state index contributed by atoms with van der Waals surface area (Å²) in [7, 11) is 1.54. The number of alkyl halides is 1. The molecule has 1 saturated carbocycles. The van der Waals surface area contributed by atoms with Crippen LogP contribution in [0.4, 0.5) is 4.79 Å². The summed E-state index contributed by atoms with van der Waals surface area (Å²) >= 11 is 6.13. The van der Waals surface area contributed by atoms with E-state index in [1.165, 1.54) is 5.56 Å². The number of aliphatic hydroxyl groups excluding tert-OH is 2. The smallest absolute Gasteiger partial charge is 0.410 e. The van der Waals surface area contributed by atoms with Crippen LogP contribution in [0.1, 0.15) is 73.1 Å². The lowest BCUT2D eigenvalue weighted by Gasteiger charge is -2.59. The van der Waals surface area contributed by atoms with Gasteiger partial charge in [-0.1, -0.05) is 78.7 Å². The Hall–Kier alpha value is -4.87. The van der Waals surface area contributed by atoms with Crippen molar-refractivity contribution in [3.63, 3.8) is 0 Å². The second kappa shape index (κ2) is 20.3. The maximum atomic E-state index is 14.7. The van der Waals surface area contributed by atoms with Crippen LogP contribution in [0.5, 0.6) is 17.2 Å². The number of halogens is 1. The number of oxime groups is 1. The number of rotatable bonds is 19. The molecule has 2 aliphatic carbocycles. The molecule has 324 valence electrons. The number of unbranched alkanes of at least 4 members (excludes halogenated alkanes) is 2. The van der Waals surface area contributed by atoms with Crippen LogP contribution in [0.2, 0.25) is 0 Å². The summed E-state index contributed by atoms with van der Waals surface area (Å²) < 4.78 is 27.0. The van der Waals surface area contributed by atoms with Crippen LogP contribution in [0.25, 0.3) is 10.8 Å². The third-order valence-electron chi connectivity index (χ3n) is 12.7. The predicted octanol–water partition coefficient (Wildman–Crippen LogP) is 10.4. The number of hydrogen-bond acceptors (Lipinski definition) is 9. The Kier molecular flexibility index (Phi) is 14.7. The topological polar surface area (TPSA) is 119 Å². The van der Waals surface area contributed by atoms with E-state index in [9.17, 15) is 15.0 Å². The summed E-state index contributed by atoms with van der Waals surface area (Å²) in [4.78, 5) is 22.0. The summed E-state index contributed by atoms with van der Waals surface area (Å²) in [6.07, 6.45) is 8.37. The first-order valence-electron chi connectivity index (χ1n) is 21.6. The Morgan fingerprint density at radius 2 is 1.72 bits per heavy atom. The Balaban J connectivity index is 1.45. The number of benzene rings is 4. The van der Waals surface area contributed by atoms with E-state index in [0.29, 0.717) is 30.1 Å². The van der Waals surface area contributed by atoms with Crippen LogP contribution < -0.4 is 9.47 Å². The van der Waals surface area contributed by atoms with Crippen LogP contribution in [0.15, 0.2) is 108 Å². The minimum absolute atomic E-state index is 0.0192. The number of allylic oxidation sites excluding steroid dienone is 1. The molecule has 0 aromatic heterocycles. The highest BCUT2D eigenvalue weighted by Gasteiger charge is 2.65. The first-order valence-corrected chi connectivity index (χ1v) is 22.1. The molecule has 7 rings (SSSR count). The molecule has 6 unspecified atom stereocenters. The molecule has 11 heteroatoms. The molecule has 1 aliphatic heterocycles. The molecule has 4 aromatic carbocycles. The molecule has 4 aromatic rings. The molecular weight excluding hydrogens is 792 g/mol. The van der Waals surface area contributed by atoms with E-state index in [4.69, 9.17) is 40.5 Å². The van der Waals surface area contributed by atoms with Gasteiger partial charge in [0.25, 0.3) is 0 Å². The molecule has 0 spiro atoms. The fraction of sp³-hybridized carbons (Fsp3) is 0.440. The summed E-state index contributed by atoms with van der Waals surface area (Å²) in [6.45, 7) is 8.76. The number of hydrogen-bond donors (Lipinski definition) is 2. The van der Waals surface area contributed by atoms with Gasteiger partial charge < -0.3 is 34.0 Å². The average molecular weight is 851 g/mol. The van der Waals surface area contributed by atoms with Gasteiger partial charge in [-0.2, -0.15) is 0 Å². The Morgan fingerprint density at radius 1 is 0.967 bits per heavy atom. The van der Waals surface area contributed by atoms with Crippen molar-refractivity contribution in [2.75, 3.05) is 39.4 Å². The van der Waals surface area contributed by atoms with Gasteiger partial charge in [-0.15, -0.1) is 18.2 Å². The van der Waals surface area contributed by atoms with Gasteiger partial charge in [0.2, 0.25) is 5.79 Å². The summed E-state index contributed by atoms with van der Waals surface area (Å²) in [5.74, 6) is 0.192. The lowest BCUT2D eigenvalue weighted by atomic mass is 9.55. The Morgan fingerprint density at radius 3 is 2.48 bits per heavy atom.